The number of anilines is 1. The fourth-order valence-corrected chi connectivity index (χ4v) is 3.67. The summed E-state index contributed by atoms with van der Waals surface area (Å²) in [5, 5.41) is 2.70. The Hall–Kier alpha value is -1.18. The molecule has 0 saturated carbocycles. The first-order valence-corrected chi connectivity index (χ1v) is 9.15. The van der Waals surface area contributed by atoms with Crippen molar-refractivity contribution in [2.45, 2.75) is 11.8 Å². The summed E-state index contributed by atoms with van der Waals surface area (Å²) in [5.74, 6) is -0.255. The Balaban J connectivity index is 2.24. The molecule has 0 unspecified atom stereocenters. The van der Waals surface area contributed by atoms with Gasteiger partial charge in [-0.1, -0.05) is 6.07 Å². The number of carbonyl (C=O) groups is 1. The lowest BCUT2D eigenvalue weighted by Gasteiger charge is -2.05. The average molecular weight is 374 g/mol. The molecule has 0 saturated heterocycles. The second-order valence-corrected chi connectivity index (χ2v) is 8.71. The minimum atomic E-state index is -3.28. The van der Waals surface area contributed by atoms with E-state index in [9.17, 15) is 13.2 Å². The molecule has 0 bridgehead atoms. The van der Waals surface area contributed by atoms with Crippen LogP contribution < -0.4 is 5.32 Å². The number of hydrogen-bond donors (Lipinski definition) is 1. The van der Waals surface area contributed by atoms with E-state index in [1.807, 2.05) is 6.92 Å². The first kappa shape index (κ1) is 15.2. The van der Waals surface area contributed by atoms with Crippen molar-refractivity contribution in [3.8, 4) is 0 Å². The van der Waals surface area contributed by atoms with Crippen LogP contribution in [0.25, 0.3) is 0 Å². The van der Waals surface area contributed by atoms with Crippen LogP contribution in [-0.2, 0) is 9.84 Å². The molecule has 0 aliphatic rings. The molecule has 7 heteroatoms. The zero-order valence-corrected chi connectivity index (χ0v) is 14.0. The van der Waals surface area contributed by atoms with Crippen LogP contribution in [0.4, 0.5) is 5.69 Å². The molecule has 0 aliphatic carbocycles. The molecule has 0 atom stereocenters. The van der Waals surface area contributed by atoms with Crippen LogP contribution >= 0.6 is 27.3 Å². The van der Waals surface area contributed by atoms with Crippen LogP contribution in [0, 0.1) is 6.92 Å². The topological polar surface area (TPSA) is 63.2 Å². The highest BCUT2D eigenvalue weighted by Crippen LogP contribution is 2.28. The second kappa shape index (κ2) is 5.67. The first-order chi connectivity index (χ1) is 9.27. The number of thiophene rings is 1. The van der Waals surface area contributed by atoms with Gasteiger partial charge in [0, 0.05) is 11.9 Å². The van der Waals surface area contributed by atoms with Gasteiger partial charge < -0.3 is 5.32 Å². The predicted molar refractivity (Wildman–Crippen MR) is 84.3 cm³/mol. The Labute approximate surface area is 129 Å². The molecular formula is C13H12BrNO3S2. The van der Waals surface area contributed by atoms with Crippen LogP contribution in [-0.4, -0.2) is 20.6 Å². The molecule has 1 amide bonds. The molecular weight excluding hydrogens is 362 g/mol. The van der Waals surface area contributed by atoms with Crippen LogP contribution in [0.5, 0.6) is 0 Å². The smallest absolute Gasteiger partial charge is 0.265 e. The molecule has 1 N–H and O–H groups in total. The van der Waals surface area contributed by atoms with E-state index in [-0.39, 0.29) is 10.8 Å². The molecule has 2 rings (SSSR count). The minimum absolute atomic E-state index is 0.179. The van der Waals surface area contributed by atoms with Crippen LogP contribution in [0.2, 0.25) is 0 Å². The van der Waals surface area contributed by atoms with Crippen molar-refractivity contribution in [1.29, 1.82) is 0 Å². The van der Waals surface area contributed by atoms with E-state index in [2.05, 4.69) is 21.2 Å². The standard InChI is InChI=1S/C13H12BrNO3S2/c1-8-6-11(19-12(8)14)13(16)15-9-4-3-5-10(7-9)20(2,17)18/h3-7H,1-2H3,(H,15,16). The molecule has 2 aromatic rings. The predicted octanol–water partition coefficient (Wildman–Crippen LogP) is 3.47. The highest BCUT2D eigenvalue weighted by atomic mass is 79.9. The van der Waals surface area contributed by atoms with Crippen molar-refractivity contribution < 1.29 is 13.2 Å². The summed E-state index contributed by atoms with van der Waals surface area (Å²) < 4.78 is 23.9. The number of rotatable bonds is 3. The fourth-order valence-electron chi connectivity index (χ4n) is 1.57. The van der Waals surface area contributed by atoms with E-state index in [0.717, 1.165) is 15.6 Å². The first-order valence-electron chi connectivity index (χ1n) is 5.65. The molecule has 0 aliphatic heterocycles. The highest BCUT2D eigenvalue weighted by molar-refractivity contribution is 9.11. The number of nitrogens with one attached hydrogen (secondary N) is 1. The van der Waals surface area contributed by atoms with Crippen molar-refractivity contribution in [2.24, 2.45) is 0 Å². The Morgan fingerprint density at radius 2 is 2.00 bits per heavy atom. The summed E-state index contributed by atoms with van der Waals surface area (Å²) in [6.07, 6.45) is 1.13. The Morgan fingerprint density at radius 3 is 2.55 bits per heavy atom. The maximum Gasteiger partial charge on any atom is 0.265 e. The molecule has 4 nitrogen and oxygen atoms in total. The number of halogens is 1. The summed E-state index contributed by atoms with van der Waals surface area (Å²) >= 11 is 4.70. The zero-order chi connectivity index (χ0) is 14.9. The van der Waals surface area contributed by atoms with E-state index >= 15 is 0 Å². The highest BCUT2D eigenvalue weighted by Gasteiger charge is 2.13. The molecule has 0 spiro atoms. The van der Waals surface area contributed by atoms with Crippen LogP contribution in [0.1, 0.15) is 15.2 Å². The molecule has 106 valence electrons. The summed E-state index contributed by atoms with van der Waals surface area (Å²) in [4.78, 5) is 12.8. The summed E-state index contributed by atoms with van der Waals surface area (Å²) in [5.41, 5.74) is 1.45. The number of aryl methyl sites for hydroxylation is 1. The Morgan fingerprint density at radius 1 is 1.30 bits per heavy atom. The fraction of sp³-hybridized carbons (Fsp3) is 0.154. The number of benzene rings is 1. The van der Waals surface area contributed by atoms with Gasteiger partial charge in [0.15, 0.2) is 9.84 Å². The van der Waals surface area contributed by atoms with Gasteiger partial charge >= 0.3 is 0 Å². The summed E-state index contributed by atoms with van der Waals surface area (Å²) in [6, 6.07) is 7.98. The third-order valence-electron chi connectivity index (χ3n) is 2.60. The third kappa shape index (κ3) is 3.47. The van der Waals surface area contributed by atoms with Crippen LogP contribution in [0.15, 0.2) is 39.0 Å². The molecule has 1 aromatic carbocycles. The summed E-state index contributed by atoms with van der Waals surface area (Å²) in [6.45, 7) is 1.90. The monoisotopic (exact) mass is 373 g/mol. The van der Waals surface area contributed by atoms with Crippen molar-refractivity contribution in [3.63, 3.8) is 0 Å². The molecule has 20 heavy (non-hydrogen) atoms. The van der Waals surface area contributed by atoms with Gasteiger partial charge in [0.1, 0.15) is 0 Å². The number of amides is 1. The number of carbonyl (C=O) groups excluding carboxylic acids is 1. The van der Waals surface area contributed by atoms with Gasteiger partial charge in [0.25, 0.3) is 5.91 Å². The largest absolute Gasteiger partial charge is 0.321 e. The lowest BCUT2D eigenvalue weighted by molar-refractivity contribution is 0.103. The normalized spacial score (nSPS) is 11.3. The van der Waals surface area contributed by atoms with Gasteiger partial charge in [-0.25, -0.2) is 8.42 Å². The SMILES string of the molecule is Cc1cc(C(=O)Nc2cccc(S(C)(=O)=O)c2)sc1Br. The number of hydrogen-bond acceptors (Lipinski definition) is 4. The van der Waals surface area contributed by atoms with Crippen molar-refractivity contribution >= 4 is 48.7 Å². The third-order valence-corrected chi connectivity index (χ3v) is 5.85. The van der Waals surface area contributed by atoms with E-state index in [0.29, 0.717) is 10.6 Å². The van der Waals surface area contributed by atoms with Gasteiger partial charge in [-0.3, -0.25) is 4.79 Å². The average Bonchev–Trinajstić information content (AvgIpc) is 2.69. The van der Waals surface area contributed by atoms with E-state index in [1.54, 1.807) is 18.2 Å². The van der Waals surface area contributed by atoms with E-state index in [1.165, 1.54) is 23.5 Å². The maximum atomic E-state index is 12.1. The minimum Gasteiger partial charge on any atom is -0.321 e. The van der Waals surface area contributed by atoms with E-state index in [4.69, 9.17) is 0 Å². The Kier molecular flexibility index (Phi) is 4.31. The summed E-state index contributed by atoms with van der Waals surface area (Å²) in [7, 11) is -3.28. The maximum absolute atomic E-state index is 12.1. The van der Waals surface area contributed by atoms with Crippen molar-refractivity contribution in [1.82, 2.24) is 0 Å². The molecule has 1 aromatic heterocycles. The van der Waals surface area contributed by atoms with Crippen molar-refractivity contribution in [3.05, 3.63) is 44.6 Å². The quantitative estimate of drug-likeness (QED) is 0.895. The van der Waals surface area contributed by atoms with Crippen LogP contribution in [0.3, 0.4) is 0 Å². The molecule has 1 heterocycles. The molecule has 0 radical (unpaired) electrons. The zero-order valence-electron chi connectivity index (χ0n) is 10.8. The molecule has 0 fully saturated rings. The van der Waals surface area contributed by atoms with Gasteiger partial charge in [-0.15, -0.1) is 11.3 Å². The second-order valence-electron chi connectivity index (χ2n) is 4.32. The lowest BCUT2D eigenvalue weighted by Crippen LogP contribution is -2.10. The number of sulfone groups is 1. The van der Waals surface area contributed by atoms with E-state index < -0.39 is 9.84 Å². The van der Waals surface area contributed by atoms with Gasteiger partial charge in [-0.2, -0.15) is 0 Å². The van der Waals surface area contributed by atoms with Gasteiger partial charge in [0.05, 0.1) is 13.6 Å². The Bertz CT molecular complexity index is 746. The lowest BCUT2D eigenvalue weighted by atomic mass is 10.3. The van der Waals surface area contributed by atoms with Gasteiger partial charge in [0.2, 0.25) is 0 Å². The van der Waals surface area contributed by atoms with Gasteiger partial charge in [-0.05, 0) is 52.7 Å². The van der Waals surface area contributed by atoms with Crippen molar-refractivity contribution in [2.75, 3.05) is 11.6 Å².